The minimum Gasteiger partial charge on any atom is -0.493 e. The standard InChI is InChI=1S/C21H24N2O4/c1-26-19-4-2-3-5-20(19)27-15-10-21(25)23-13-11-22(12-14-23)18-8-6-17(16-24)7-9-18/h2-9,16H,10-15H2,1H3. The summed E-state index contributed by atoms with van der Waals surface area (Å²) in [6.45, 7) is 3.25. The first-order chi connectivity index (χ1) is 13.2. The third-order valence-electron chi connectivity index (χ3n) is 4.67. The van der Waals surface area contributed by atoms with Gasteiger partial charge in [-0.3, -0.25) is 9.59 Å². The molecule has 6 heteroatoms. The number of benzene rings is 2. The van der Waals surface area contributed by atoms with E-state index in [2.05, 4.69) is 4.90 Å². The van der Waals surface area contributed by atoms with E-state index in [-0.39, 0.29) is 5.91 Å². The summed E-state index contributed by atoms with van der Waals surface area (Å²) in [5.41, 5.74) is 1.75. The third kappa shape index (κ3) is 4.78. The van der Waals surface area contributed by atoms with E-state index >= 15 is 0 Å². The van der Waals surface area contributed by atoms with E-state index in [9.17, 15) is 9.59 Å². The molecule has 142 valence electrons. The van der Waals surface area contributed by atoms with E-state index in [1.807, 2.05) is 53.4 Å². The molecular weight excluding hydrogens is 344 g/mol. The summed E-state index contributed by atoms with van der Waals surface area (Å²) >= 11 is 0. The number of ether oxygens (including phenoxy) is 2. The van der Waals surface area contributed by atoms with Gasteiger partial charge in [-0.2, -0.15) is 0 Å². The van der Waals surface area contributed by atoms with Crippen LogP contribution in [-0.4, -0.2) is 57.0 Å². The lowest BCUT2D eigenvalue weighted by Crippen LogP contribution is -2.49. The monoisotopic (exact) mass is 368 g/mol. The topological polar surface area (TPSA) is 59.1 Å². The van der Waals surface area contributed by atoms with Crippen molar-refractivity contribution in [2.45, 2.75) is 6.42 Å². The fraction of sp³-hybridized carbons (Fsp3) is 0.333. The van der Waals surface area contributed by atoms with Gasteiger partial charge in [0, 0.05) is 37.4 Å². The van der Waals surface area contributed by atoms with Crippen LogP contribution in [0, 0.1) is 0 Å². The Balaban J connectivity index is 1.44. The minimum absolute atomic E-state index is 0.0980. The zero-order valence-corrected chi connectivity index (χ0v) is 15.5. The molecule has 0 radical (unpaired) electrons. The van der Waals surface area contributed by atoms with Crippen LogP contribution < -0.4 is 14.4 Å². The van der Waals surface area contributed by atoms with Crippen molar-refractivity contribution in [1.82, 2.24) is 4.90 Å². The first-order valence-corrected chi connectivity index (χ1v) is 9.05. The van der Waals surface area contributed by atoms with E-state index in [4.69, 9.17) is 9.47 Å². The number of hydrogen-bond donors (Lipinski definition) is 0. The molecular formula is C21H24N2O4. The lowest BCUT2D eigenvalue weighted by atomic mass is 10.2. The Morgan fingerprint density at radius 1 is 1.00 bits per heavy atom. The highest BCUT2D eigenvalue weighted by molar-refractivity contribution is 5.77. The van der Waals surface area contributed by atoms with E-state index < -0.39 is 0 Å². The molecule has 2 aromatic carbocycles. The number of para-hydroxylation sites is 2. The van der Waals surface area contributed by atoms with Gasteiger partial charge in [-0.1, -0.05) is 12.1 Å². The number of carbonyl (C=O) groups is 2. The number of piperazine rings is 1. The Hall–Kier alpha value is -3.02. The zero-order valence-electron chi connectivity index (χ0n) is 15.5. The number of rotatable bonds is 7. The SMILES string of the molecule is COc1ccccc1OCCC(=O)N1CCN(c2ccc(C=O)cc2)CC1. The van der Waals surface area contributed by atoms with E-state index in [0.29, 0.717) is 43.2 Å². The molecule has 1 heterocycles. The Bertz CT molecular complexity index is 768. The second-order valence-corrected chi connectivity index (χ2v) is 6.33. The summed E-state index contributed by atoms with van der Waals surface area (Å²) in [5.74, 6) is 1.41. The zero-order chi connectivity index (χ0) is 19.1. The van der Waals surface area contributed by atoms with E-state index in [1.54, 1.807) is 7.11 Å². The van der Waals surface area contributed by atoms with Crippen LogP contribution in [0.5, 0.6) is 11.5 Å². The first-order valence-electron chi connectivity index (χ1n) is 9.05. The summed E-state index contributed by atoms with van der Waals surface area (Å²) in [6, 6.07) is 14.9. The van der Waals surface area contributed by atoms with Crippen molar-refractivity contribution >= 4 is 17.9 Å². The molecule has 0 N–H and O–H groups in total. The minimum atomic E-state index is 0.0980. The van der Waals surface area contributed by atoms with Crippen molar-refractivity contribution in [3.8, 4) is 11.5 Å². The van der Waals surface area contributed by atoms with Crippen molar-refractivity contribution in [3.05, 3.63) is 54.1 Å². The van der Waals surface area contributed by atoms with Gasteiger partial charge in [-0.05, 0) is 36.4 Å². The van der Waals surface area contributed by atoms with Crippen molar-refractivity contribution < 1.29 is 19.1 Å². The summed E-state index contributed by atoms with van der Waals surface area (Å²) in [4.78, 5) is 27.3. The van der Waals surface area contributed by atoms with Crippen molar-refractivity contribution in [2.24, 2.45) is 0 Å². The number of methoxy groups -OCH3 is 1. The molecule has 2 aromatic rings. The van der Waals surface area contributed by atoms with Gasteiger partial charge in [0.1, 0.15) is 6.29 Å². The predicted octanol–water partition coefficient (Wildman–Crippen LogP) is 2.63. The molecule has 27 heavy (non-hydrogen) atoms. The maximum absolute atomic E-state index is 12.4. The Morgan fingerprint density at radius 3 is 2.30 bits per heavy atom. The molecule has 1 fully saturated rings. The average Bonchev–Trinajstić information content (AvgIpc) is 2.74. The predicted molar refractivity (Wildman–Crippen MR) is 104 cm³/mol. The molecule has 0 aliphatic carbocycles. The van der Waals surface area contributed by atoms with Crippen molar-refractivity contribution in [3.63, 3.8) is 0 Å². The number of hydrogen-bond acceptors (Lipinski definition) is 5. The summed E-state index contributed by atoms with van der Waals surface area (Å²) in [7, 11) is 1.60. The lowest BCUT2D eigenvalue weighted by Gasteiger charge is -2.36. The van der Waals surface area contributed by atoms with Gasteiger partial charge in [-0.25, -0.2) is 0 Å². The fourth-order valence-corrected chi connectivity index (χ4v) is 3.12. The molecule has 6 nitrogen and oxygen atoms in total. The lowest BCUT2D eigenvalue weighted by molar-refractivity contribution is -0.132. The number of aldehydes is 1. The first kappa shape index (κ1) is 18.8. The molecule has 0 spiro atoms. The van der Waals surface area contributed by atoms with Crippen LogP contribution in [0.2, 0.25) is 0 Å². The molecule has 0 unspecified atom stereocenters. The van der Waals surface area contributed by atoms with Gasteiger partial charge >= 0.3 is 0 Å². The van der Waals surface area contributed by atoms with Crippen LogP contribution in [0.15, 0.2) is 48.5 Å². The maximum atomic E-state index is 12.4. The largest absolute Gasteiger partial charge is 0.493 e. The van der Waals surface area contributed by atoms with Crippen molar-refractivity contribution in [2.75, 3.05) is 44.8 Å². The van der Waals surface area contributed by atoms with Gasteiger partial charge in [0.2, 0.25) is 5.91 Å². The van der Waals surface area contributed by atoms with Gasteiger partial charge in [-0.15, -0.1) is 0 Å². The van der Waals surface area contributed by atoms with Crippen LogP contribution in [-0.2, 0) is 4.79 Å². The molecule has 0 saturated carbocycles. The number of carbonyl (C=O) groups excluding carboxylic acids is 2. The van der Waals surface area contributed by atoms with E-state index in [0.717, 1.165) is 25.1 Å². The summed E-state index contributed by atoms with van der Waals surface area (Å²) < 4.78 is 10.9. The smallest absolute Gasteiger partial charge is 0.226 e. The highest BCUT2D eigenvalue weighted by atomic mass is 16.5. The number of anilines is 1. The summed E-state index contributed by atoms with van der Waals surface area (Å²) in [6.07, 6.45) is 1.18. The van der Waals surface area contributed by atoms with Crippen LogP contribution in [0.3, 0.4) is 0 Å². The van der Waals surface area contributed by atoms with Gasteiger partial charge < -0.3 is 19.3 Å². The summed E-state index contributed by atoms with van der Waals surface area (Å²) in [5, 5.41) is 0. The second kappa shape index (κ2) is 9.07. The van der Waals surface area contributed by atoms with Crippen LogP contribution in [0.4, 0.5) is 5.69 Å². The molecule has 1 aliphatic rings. The van der Waals surface area contributed by atoms with Crippen molar-refractivity contribution in [1.29, 1.82) is 0 Å². The fourth-order valence-electron chi connectivity index (χ4n) is 3.12. The highest BCUT2D eigenvalue weighted by Crippen LogP contribution is 2.25. The molecule has 3 rings (SSSR count). The highest BCUT2D eigenvalue weighted by Gasteiger charge is 2.21. The molecule has 0 atom stereocenters. The second-order valence-electron chi connectivity index (χ2n) is 6.33. The van der Waals surface area contributed by atoms with Gasteiger partial charge in [0.25, 0.3) is 0 Å². The van der Waals surface area contributed by atoms with Crippen LogP contribution in [0.1, 0.15) is 16.8 Å². The molecule has 1 saturated heterocycles. The Morgan fingerprint density at radius 2 is 1.67 bits per heavy atom. The van der Waals surface area contributed by atoms with Gasteiger partial charge in [0.05, 0.1) is 20.1 Å². The maximum Gasteiger partial charge on any atom is 0.226 e. The van der Waals surface area contributed by atoms with E-state index in [1.165, 1.54) is 0 Å². The third-order valence-corrected chi connectivity index (χ3v) is 4.67. The average molecular weight is 368 g/mol. The quantitative estimate of drug-likeness (QED) is 0.703. The van der Waals surface area contributed by atoms with Gasteiger partial charge in [0.15, 0.2) is 11.5 Å². The normalized spacial score (nSPS) is 14.0. The number of amides is 1. The molecule has 0 bridgehead atoms. The number of nitrogens with zero attached hydrogens (tertiary/aromatic N) is 2. The molecule has 1 aliphatic heterocycles. The Labute approximate surface area is 159 Å². The Kier molecular flexibility index (Phi) is 6.30. The van der Waals surface area contributed by atoms with Crippen LogP contribution in [0.25, 0.3) is 0 Å². The molecule has 1 amide bonds. The van der Waals surface area contributed by atoms with Crippen LogP contribution >= 0.6 is 0 Å². The molecule has 0 aromatic heterocycles.